The second-order valence-corrected chi connectivity index (χ2v) is 32.7. The number of hydrogen-bond donors (Lipinski definition) is 3. The molecule has 0 aliphatic rings. The minimum atomic E-state index is -4.96. The number of aliphatic hydroxyl groups excluding tert-OH is 1. The van der Waals surface area contributed by atoms with Crippen LogP contribution in [0.15, 0.2) is 0 Å². The van der Waals surface area contributed by atoms with Crippen LogP contribution in [0.3, 0.4) is 0 Å². The van der Waals surface area contributed by atoms with Gasteiger partial charge in [-0.2, -0.15) is 0 Å². The molecule has 0 amide bonds. The highest BCUT2D eigenvalue weighted by molar-refractivity contribution is 7.47. The lowest BCUT2D eigenvalue weighted by Crippen LogP contribution is -2.30. The van der Waals surface area contributed by atoms with Gasteiger partial charge in [-0.25, -0.2) is 9.13 Å². The summed E-state index contributed by atoms with van der Waals surface area (Å²) in [5.41, 5.74) is 0. The molecule has 0 aromatic carbocycles. The van der Waals surface area contributed by atoms with Gasteiger partial charge < -0.3 is 33.8 Å². The zero-order valence-corrected chi connectivity index (χ0v) is 66.6. The van der Waals surface area contributed by atoms with Crippen LogP contribution < -0.4 is 0 Å². The number of rotatable bonds is 79. The Hall–Kier alpha value is -1.94. The molecular formula is C80H156O17P2. The SMILES string of the molecule is CCCCCCCCCCCCCCCCCCCCCC(=O)O[C@H](COC(=O)CCCCCCCCCCCCCCCCC(C)C)COP(=O)(O)OC[C@@H](O)COP(=O)(O)OC[C@@H](COC(=O)CCCCCCCCCCC(C)C)OC(=O)CCCCCCCCCCCCCC. The van der Waals surface area contributed by atoms with Gasteiger partial charge in [-0.05, 0) is 37.5 Å². The largest absolute Gasteiger partial charge is 0.472 e. The molecule has 588 valence electrons. The number of phosphoric acid groups is 2. The lowest BCUT2D eigenvalue weighted by atomic mass is 10.0. The Morgan fingerprint density at radius 3 is 0.687 bits per heavy atom. The summed E-state index contributed by atoms with van der Waals surface area (Å²) in [7, 11) is -9.92. The van der Waals surface area contributed by atoms with Crippen LogP contribution in [-0.4, -0.2) is 96.7 Å². The molecule has 0 fully saturated rings. The van der Waals surface area contributed by atoms with E-state index >= 15 is 0 Å². The molecule has 0 aromatic rings. The first-order valence-electron chi connectivity index (χ1n) is 41.5. The van der Waals surface area contributed by atoms with E-state index < -0.39 is 97.5 Å². The van der Waals surface area contributed by atoms with Crippen LogP contribution in [0.1, 0.15) is 420 Å². The summed E-state index contributed by atoms with van der Waals surface area (Å²) in [6, 6.07) is 0. The fraction of sp³-hybridized carbons (Fsp3) is 0.950. The number of unbranched alkanes of at least 4 members (excludes halogenated alkanes) is 49. The molecule has 5 atom stereocenters. The van der Waals surface area contributed by atoms with Crippen molar-refractivity contribution in [2.45, 2.75) is 439 Å². The van der Waals surface area contributed by atoms with Crippen molar-refractivity contribution in [2.24, 2.45) is 11.8 Å². The summed E-state index contributed by atoms with van der Waals surface area (Å²) in [6.45, 7) is 9.62. The van der Waals surface area contributed by atoms with E-state index in [1.807, 2.05) is 0 Å². The van der Waals surface area contributed by atoms with Crippen molar-refractivity contribution in [2.75, 3.05) is 39.6 Å². The minimum absolute atomic E-state index is 0.107. The first kappa shape index (κ1) is 97.1. The van der Waals surface area contributed by atoms with Crippen molar-refractivity contribution < 1.29 is 80.2 Å². The van der Waals surface area contributed by atoms with Crippen LogP contribution in [0.5, 0.6) is 0 Å². The highest BCUT2D eigenvalue weighted by Gasteiger charge is 2.30. The number of carbonyl (C=O) groups is 4. The van der Waals surface area contributed by atoms with Crippen molar-refractivity contribution in [1.29, 1.82) is 0 Å². The van der Waals surface area contributed by atoms with E-state index in [0.717, 1.165) is 102 Å². The number of ether oxygens (including phenoxy) is 4. The van der Waals surface area contributed by atoms with Crippen LogP contribution >= 0.6 is 15.6 Å². The molecule has 0 heterocycles. The molecule has 2 unspecified atom stereocenters. The highest BCUT2D eigenvalue weighted by Crippen LogP contribution is 2.45. The van der Waals surface area contributed by atoms with E-state index in [1.165, 1.54) is 238 Å². The molecule has 0 saturated carbocycles. The van der Waals surface area contributed by atoms with Gasteiger partial charge in [-0.3, -0.25) is 37.3 Å². The van der Waals surface area contributed by atoms with Crippen molar-refractivity contribution >= 4 is 39.5 Å². The maximum Gasteiger partial charge on any atom is 0.472 e. The second-order valence-electron chi connectivity index (χ2n) is 29.8. The zero-order chi connectivity index (χ0) is 72.8. The van der Waals surface area contributed by atoms with E-state index in [9.17, 15) is 43.2 Å². The molecule has 0 bridgehead atoms. The van der Waals surface area contributed by atoms with Crippen LogP contribution in [0.4, 0.5) is 0 Å². The Bertz CT molecular complexity index is 1910. The van der Waals surface area contributed by atoms with Crippen molar-refractivity contribution in [3.8, 4) is 0 Å². The van der Waals surface area contributed by atoms with Gasteiger partial charge in [0.05, 0.1) is 26.4 Å². The first-order valence-corrected chi connectivity index (χ1v) is 44.5. The lowest BCUT2D eigenvalue weighted by molar-refractivity contribution is -0.161. The normalized spacial score (nSPS) is 13.9. The van der Waals surface area contributed by atoms with Crippen LogP contribution in [0.2, 0.25) is 0 Å². The number of aliphatic hydroxyl groups is 1. The van der Waals surface area contributed by atoms with Crippen molar-refractivity contribution in [1.82, 2.24) is 0 Å². The van der Waals surface area contributed by atoms with Crippen molar-refractivity contribution in [3.05, 3.63) is 0 Å². The average molecular weight is 1450 g/mol. The highest BCUT2D eigenvalue weighted by atomic mass is 31.2. The van der Waals surface area contributed by atoms with E-state index in [4.69, 9.17) is 37.0 Å². The summed E-state index contributed by atoms with van der Waals surface area (Å²) in [5.74, 6) is -0.584. The molecule has 0 rings (SSSR count). The molecule has 0 aromatic heterocycles. The maximum atomic E-state index is 13.1. The Labute approximate surface area is 607 Å². The lowest BCUT2D eigenvalue weighted by Gasteiger charge is -2.21. The quantitative estimate of drug-likeness (QED) is 0.0222. The molecule has 99 heavy (non-hydrogen) atoms. The summed E-state index contributed by atoms with van der Waals surface area (Å²) >= 11 is 0. The van der Waals surface area contributed by atoms with Gasteiger partial charge in [-0.1, -0.05) is 369 Å². The predicted molar refractivity (Wildman–Crippen MR) is 405 cm³/mol. The Morgan fingerprint density at radius 2 is 0.465 bits per heavy atom. The zero-order valence-electron chi connectivity index (χ0n) is 64.8. The van der Waals surface area contributed by atoms with E-state index in [-0.39, 0.29) is 25.7 Å². The summed E-state index contributed by atoms with van der Waals surface area (Å²) in [6.07, 6.45) is 61.0. The molecule has 3 N–H and O–H groups in total. The average Bonchev–Trinajstić information content (AvgIpc) is 0.985. The number of phosphoric ester groups is 2. The van der Waals surface area contributed by atoms with Gasteiger partial charge in [0.1, 0.15) is 19.3 Å². The molecule has 0 spiro atoms. The third-order valence-electron chi connectivity index (χ3n) is 18.7. The van der Waals surface area contributed by atoms with Gasteiger partial charge in [0, 0.05) is 25.7 Å². The monoisotopic (exact) mass is 1450 g/mol. The number of carbonyl (C=O) groups excluding carboxylic acids is 4. The standard InChI is InChI=1S/C80H156O17P2/c1-7-9-11-13-15-17-19-21-22-23-24-25-26-31-35-39-47-53-59-65-80(85)96-75(68-90-77(82)62-56-50-44-37-34-30-28-27-29-32-36-42-48-54-60-72(3)4)70-94-98(86,87)92-66-74(81)67-93-99(88,89)95-71-76(69-91-78(83)63-57-51-45-41-40-43-49-55-61-73(5)6)97-79(84)64-58-52-46-38-33-20-18-16-14-12-10-8-2/h72-76,81H,7-71H2,1-6H3,(H,86,87)(H,88,89)/t74-,75-,76-/m1/s1. The third kappa shape index (κ3) is 74.1. The molecule has 0 aliphatic carbocycles. The van der Waals surface area contributed by atoms with Crippen molar-refractivity contribution in [3.63, 3.8) is 0 Å². The molecule has 0 aliphatic heterocycles. The fourth-order valence-electron chi connectivity index (χ4n) is 12.4. The predicted octanol–water partition coefficient (Wildman–Crippen LogP) is 23.9. The van der Waals surface area contributed by atoms with E-state index in [0.29, 0.717) is 25.7 Å². The number of esters is 4. The second kappa shape index (κ2) is 71.7. The smallest absolute Gasteiger partial charge is 0.462 e. The van der Waals surface area contributed by atoms with E-state index in [1.54, 1.807) is 0 Å². The van der Waals surface area contributed by atoms with Gasteiger partial charge in [-0.15, -0.1) is 0 Å². The fourth-order valence-corrected chi connectivity index (χ4v) is 13.9. The van der Waals surface area contributed by atoms with Crippen LogP contribution in [0, 0.1) is 11.8 Å². The Balaban J connectivity index is 5.24. The minimum Gasteiger partial charge on any atom is -0.462 e. The maximum absolute atomic E-state index is 13.1. The Morgan fingerprint density at radius 1 is 0.273 bits per heavy atom. The molecule has 17 nitrogen and oxygen atoms in total. The van der Waals surface area contributed by atoms with Gasteiger partial charge in [0.25, 0.3) is 0 Å². The van der Waals surface area contributed by atoms with Crippen LogP contribution in [-0.2, 0) is 65.4 Å². The van der Waals surface area contributed by atoms with Gasteiger partial charge in [0.15, 0.2) is 12.2 Å². The summed E-state index contributed by atoms with van der Waals surface area (Å²) in [4.78, 5) is 73.0. The topological polar surface area (TPSA) is 237 Å². The summed E-state index contributed by atoms with van der Waals surface area (Å²) in [5, 5.41) is 10.6. The third-order valence-corrected chi connectivity index (χ3v) is 20.6. The summed E-state index contributed by atoms with van der Waals surface area (Å²) < 4.78 is 68.7. The van der Waals surface area contributed by atoms with Crippen LogP contribution in [0.25, 0.3) is 0 Å². The van der Waals surface area contributed by atoms with E-state index in [2.05, 4.69) is 41.5 Å². The molecule has 0 radical (unpaired) electrons. The number of hydrogen-bond acceptors (Lipinski definition) is 15. The molecule has 0 saturated heterocycles. The van der Waals surface area contributed by atoms with Gasteiger partial charge in [0.2, 0.25) is 0 Å². The van der Waals surface area contributed by atoms with Gasteiger partial charge >= 0.3 is 39.5 Å². The first-order chi connectivity index (χ1) is 47.9. The Kier molecular flexibility index (Phi) is 70.3. The molecular weight excluding hydrogens is 1290 g/mol. The molecule has 19 heteroatoms.